The van der Waals surface area contributed by atoms with Gasteiger partial charge in [0, 0.05) is 38.4 Å². The zero-order valence-corrected chi connectivity index (χ0v) is 16.6. The predicted octanol–water partition coefficient (Wildman–Crippen LogP) is 3.18. The van der Waals surface area contributed by atoms with Crippen LogP contribution in [0, 0.1) is 13.8 Å². The maximum atomic E-state index is 12.2. The summed E-state index contributed by atoms with van der Waals surface area (Å²) in [6.45, 7) is 4.99. The molecule has 3 amide bonds. The third-order valence-corrected chi connectivity index (χ3v) is 4.55. The Morgan fingerprint density at radius 3 is 2.64 bits per heavy atom. The summed E-state index contributed by atoms with van der Waals surface area (Å²) in [4.78, 5) is 30.1. The lowest BCUT2D eigenvalue weighted by molar-refractivity contribution is 0.0827. The average Bonchev–Trinajstić information content (AvgIpc) is 3.06. The van der Waals surface area contributed by atoms with Crippen molar-refractivity contribution in [2.24, 2.45) is 0 Å². The van der Waals surface area contributed by atoms with E-state index in [-0.39, 0.29) is 11.9 Å². The summed E-state index contributed by atoms with van der Waals surface area (Å²) < 4.78 is 1.96. The molecule has 0 saturated carbocycles. The molecule has 0 unspecified atom stereocenters. The number of urea groups is 1. The maximum absolute atomic E-state index is 12.2. The number of fused-ring (bicyclic) bond motifs is 1. The van der Waals surface area contributed by atoms with Crippen LogP contribution in [0.1, 0.15) is 21.5 Å². The summed E-state index contributed by atoms with van der Waals surface area (Å²) in [7, 11) is 3.44. The second-order valence-corrected chi connectivity index (χ2v) is 7.04. The molecule has 0 spiro atoms. The molecule has 7 nitrogen and oxygen atoms in total. The molecule has 2 aromatic carbocycles. The first-order valence-electron chi connectivity index (χ1n) is 9.14. The predicted molar refractivity (Wildman–Crippen MR) is 111 cm³/mol. The van der Waals surface area contributed by atoms with Gasteiger partial charge in [-0.2, -0.15) is 0 Å². The number of nitrogens with one attached hydrogen (secondary N) is 2. The molecule has 2 N–H and O–H groups in total. The van der Waals surface area contributed by atoms with E-state index in [1.54, 1.807) is 32.6 Å². The minimum absolute atomic E-state index is 0.0544. The van der Waals surface area contributed by atoms with Gasteiger partial charge < -0.3 is 20.1 Å². The van der Waals surface area contributed by atoms with E-state index < -0.39 is 0 Å². The van der Waals surface area contributed by atoms with E-state index in [4.69, 9.17) is 0 Å². The van der Waals surface area contributed by atoms with E-state index in [1.807, 2.05) is 42.7 Å². The highest BCUT2D eigenvalue weighted by Crippen LogP contribution is 2.17. The minimum Gasteiger partial charge on any atom is -0.345 e. The second kappa shape index (κ2) is 8.12. The van der Waals surface area contributed by atoms with Crippen molar-refractivity contribution in [3.63, 3.8) is 0 Å². The summed E-state index contributed by atoms with van der Waals surface area (Å²) in [6, 6.07) is 11.2. The van der Waals surface area contributed by atoms with Gasteiger partial charge in [-0.05, 0) is 49.2 Å². The first-order valence-corrected chi connectivity index (χ1v) is 9.14. The van der Waals surface area contributed by atoms with Crippen LogP contribution in [0.25, 0.3) is 11.0 Å². The Balaban J connectivity index is 1.60. The van der Waals surface area contributed by atoms with Crippen molar-refractivity contribution in [1.29, 1.82) is 0 Å². The van der Waals surface area contributed by atoms with E-state index in [9.17, 15) is 9.59 Å². The van der Waals surface area contributed by atoms with Crippen LogP contribution in [-0.2, 0) is 6.54 Å². The third-order valence-electron chi connectivity index (χ3n) is 4.55. The van der Waals surface area contributed by atoms with Crippen molar-refractivity contribution in [1.82, 2.24) is 19.8 Å². The standard InChI is InChI=1S/C21H25N5O2/c1-14-5-6-15(2)17(11-14)24-21(28)22-9-10-26-13-23-18-12-16(7-8-19(18)26)20(27)25(3)4/h5-8,11-13H,9-10H2,1-4H3,(H2,22,24,28). The largest absolute Gasteiger partial charge is 0.345 e. The molecular formula is C21H25N5O2. The molecule has 0 atom stereocenters. The lowest BCUT2D eigenvalue weighted by Crippen LogP contribution is -2.31. The lowest BCUT2D eigenvalue weighted by atomic mass is 10.1. The number of hydrogen-bond acceptors (Lipinski definition) is 3. The number of amides is 3. The number of carbonyl (C=O) groups is 2. The third kappa shape index (κ3) is 4.31. The van der Waals surface area contributed by atoms with E-state index in [2.05, 4.69) is 15.6 Å². The zero-order valence-electron chi connectivity index (χ0n) is 16.6. The number of aromatic nitrogens is 2. The van der Waals surface area contributed by atoms with Crippen LogP contribution in [0.15, 0.2) is 42.7 Å². The Morgan fingerprint density at radius 2 is 1.89 bits per heavy atom. The highest BCUT2D eigenvalue weighted by atomic mass is 16.2. The quantitative estimate of drug-likeness (QED) is 0.715. The van der Waals surface area contributed by atoms with Crippen LogP contribution in [0.4, 0.5) is 10.5 Å². The molecule has 0 aliphatic heterocycles. The highest BCUT2D eigenvalue weighted by molar-refractivity contribution is 5.97. The van der Waals surface area contributed by atoms with Crippen LogP contribution in [-0.4, -0.2) is 47.0 Å². The van der Waals surface area contributed by atoms with Crippen LogP contribution >= 0.6 is 0 Å². The van der Waals surface area contributed by atoms with Gasteiger partial charge in [0.2, 0.25) is 0 Å². The van der Waals surface area contributed by atoms with Crippen molar-refractivity contribution in [3.05, 3.63) is 59.4 Å². The first-order chi connectivity index (χ1) is 13.3. The molecule has 28 heavy (non-hydrogen) atoms. The smallest absolute Gasteiger partial charge is 0.319 e. The molecule has 146 valence electrons. The van der Waals surface area contributed by atoms with E-state index in [1.165, 1.54) is 4.90 Å². The van der Waals surface area contributed by atoms with Crippen molar-refractivity contribution >= 4 is 28.7 Å². The summed E-state index contributed by atoms with van der Waals surface area (Å²) >= 11 is 0. The summed E-state index contributed by atoms with van der Waals surface area (Å²) in [5.41, 5.74) is 5.21. The summed E-state index contributed by atoms with van der Waals surface area (Å²) in [6.07, 6.45) is 1.72. The van der Waals surface area contributed by atoms with Gasteiger partial charge in [-0.3, -0.25) is 4.79 Å². The number of aryl methyl sites for hydroxylation is 2. The van der Waals surface area contributed by atoms with Crippen molar-refractivity contribution in [3.8, 4) is 0 Å². The van der Waals surface area contributed by atoms with Crippen molar-refractivity contribution < 1.29 is 9.59 Å². The van der Waals surface area contributed by atoms with Crippen LogP contribution < -0.4 is 10.6 Å². The Bertz CT molecular complexity index is 1020. The van der Waals surface area contributed by atoms with Crippen LogP contribution in [0.5, 0.6) is 0 Å². The Morgan fingerprint density at radius 1 is 1.11 bits per heavy atom. The normalized spacial score (nSPS) is 10.7. The summed E-state index contributed by atoms with van der Waals surface area (Å²) in [5, 5.41) is 5.75. The fraction of sp³-hybridized carbons (Fsp3) is 0.286. The van der Waals surface area contributed by atoms with Gasteiger partial charge in [0.05, 0.1) is 17.4 Å². The summed E-state index contributed by atoms with van der Waals surface area (Å²) in [5.74, 6) is -0.0544. The Kier molecular flexibility index (Phi) is 5.63. The Hall–Kier alpha value is -3.35. The fourth-order valence-corrected chi connectivity index (χ4v) is 2.96. The number of anilines is 1. The van der Waals surface area contributed by atoms with Gasteiger partial charge in [0.1, 0.15) is 0 Å². The van der Waals surface area contributed by atoms with Gasteiger partial charge in [-0.25, -0.2) is 9.78 Å². The maximum Gasteiger partial charge on any atom is 0.319 e. The van der Waals surface area contributed by atoms with E-state index >= 15 is 0 Å². The van der Waals surface area contributed by atoms with Crippen molar-refractivity contribution in [2.75, 3.05) is 26.0 Å². The fourth-order valence-electron chi connectivity index (χ4n) is 2.96. The number of rotatable bonds is 5. The van der Waals surface area contributed by atoms with Gasteiger partial charge in [0.15, 0.2) is 0 Å². The highest BCUT2D eigenvalue weighted by Gasteiger charge is 2.11. The number of carbonyl (C=O) groups excluding carboxylic acids is 2. The molecule has 3 rings (SSSR count). The number of benzene rings is 2. The molecule has 0 bridgehead atoms. The number of hydrogen-bond donors (Lipinski definition) is 2. The SMILES string of the molecule is Cc1ccc(C)c(NC(=O)NCCn2cnc3cc(C(=O)N(C)C)ccc32)c1. The first kappa shape index (κ1) is 19.4. The van der Waals surface area contributed by atoms with Gasteiger partial charge in [0.25, 0.3) is 5.91 Å². The minimum atomic E-state index is -0.239. The Labute approximate surface area is 164 Å². The molecule has 0 aliphatic carbocycles. The number of imidazole rings is 1. The molecular weight excluding hydrogens is 354 g/mol. The molecule has 0 aliphatic rings. The van der Waals surface area contributed by atoms with E-state index in [0.29, 0.717) is 18.7 Å². The van der Waals surface area contributed by atoms with Crippen molar-refractivity contribution in [2.45, 2.75) is 20.4 Å². The average molecular weight is 379 g/mol. The van der Waals surface area contributed by atoms with Gasteiger partial charge >= 0.3 is 6.03 Å². The zero-order chi connectivity index (χ0) is 20.3. The monoisotopic (exact) mass is 379 g/mol. The number of nitrogens with zero attached hydrogens (tertiary/aromatic N) is 3. The molecule has 0 fully saturated rings. The van der Waals surface area contributed by atoms with Crippen LogP contribution in [0.3, 0.4) is 0 Å². The molecule has 0 saturated heterocycles. The van der Waals surface area contributed by atoms with E-state index in [0.717, 1.165) is 27.8 Å². The second-order valence-electron chi connectivity index (χ2n) is 7.04. The van der Waals surface area contributed by atoms with Crippen LogP contribution in [0.2, 0.25) is 0 Å². The topological polar surface area (TPSA) is 79.3 Å². The molecule has 3 aromatic rings. The molecule has 7 heteroatoms. The molecule has 1 aromatic heterocycles. The van der Waals surface area contributed by atoms with Gasteiger partial charge in [-0.15, -0.1) is 0 Å². The lowest BCUT2D eigenvalue weighted by Gasteiger charge is -2.12. The van der Waals surface area contributed by atoms with Gasteiger partial charge in [-0.1, -0.05) is 12.1 Å². The molecule has 1 heterocycles. The molecule has 0 radical (unpaired) electrons.